The van der Waals surface area contributed by atoms with Crippen molar-refractivity contribution >= 4 is 41.8 Å². The fourth-order valence-corrected chi connectivity index (χ4v) is 2.23. The molecule has 22 heavy (non-hydrogen) atoms. The van der Waals surface area contributed by atoms with Gasteiger partial charge in [0, 0.05) is 25.6 Å². The van der Waals surface area contributed by atoms with Gasteiger partial charge in [0.05, 0.1) is 11.0 Å². The van der Waals surface area contributed by atoms with Crippen molar-refractivity contribution in [2.24, 2.45) is 5.73 Å². The lowest BCUT2D eigenvalue weighted by atomic mass is 10.2. The molecule has 3 N–H and O–H groups in total. The highest BCUT2D eigenvalue weighted by atomic mass is 35.5. The van der Waals surface area contributed by atoms with Crippen LogP contribution in [0.25, 0.3) is 11.0 Å². The van der Waals surface area contributed by atoms with Crippen molar-refractivity contribution in [2.45, 2.75) is 39.3 Å². The number of halogens is 2. The molecule has 0 saturated heterocycles. The van der Waals surface area contributed by atoms with Gasteiger partial charge in [0.2, 0.25) is 5.91 Å². The highest BCUT2D eigenvalue weighted by molar-refractivity contribution is 5.85. The molecule has 7 heteroatoms. The quantitative estimate of drug-likeness (QED) is 0.843. The van der Waals surface area contributed by atoms with E-state index in [2.05, 4.69) is 14.9 Å². The van der Waals surface area contributed by atoms with E-state index < -0.39 is 0 Å². The Morgan fingerprint density at radius 1 is 1.36 bits per heavy atom. The zero-order chi connectivity index (χ0) is 14.5. The average molecular weight is 347 g/mol. The fraction of sp³-hybridized carbons (Fsp3) is 0.467. The maximum atomic E-state index is 11.6. The van der Waals surface area contributed by atoms with E-state index >= 15 is 0 Å². The number of carbonyl (C=O) groups is 1. The molecule has 1 unspecified atom stereocenters. The van der Waals surface area contributed by atoms with Gasteiger partial charge < -0.3 is 15.6 Å². The van der Waals surface area contributed by atoms with Crippen LogP contribution in [0.1, 0.15) is 25.6 Å². The molecule has 1 heterocycles. The van der Waals surface area contributed by atoms with Crippen molar-refractivity contribution in [1.82, 2.24) is 14.9 Å². The van der Waals surface area contributed by atoms with E-state index in [1.165, 1.54) is 0 Å². The Kier molecular flexibility index (Phi) is 9.09. The van der Waals surface area contributed by atoms with Gasteiger partial charge >= 0.3 is 0 Å². The second kappa shape index (κ2) is 9.66. The van der Waals surface area contributed by atoms with E-state index in [0.29, 0.717) is 13.0 Å². The van der Waals surface area contributed by atoms with Crippen LogP contribution in [0.15, 0.2) is 24.3 Å². The number of carbonyl (C=O) groups excluding carboxylic acids is 1. The first-order valence-corrected chi connectivity index (χ1v) is 7.02. The van der Waals surface area contributed by atoms with Gasteiger partial charge in [0.25, 0.3) is 0 Å². The Bertz CT molecular complexity index is 598. The molecule has 5 nitrogen and oxygen atoms in total. The summed E-state index contributed by atoms with van der Waals surface area (Å²) in [6.07, 6.45) is 1.21. The van der Waals surface area contributed by atoms with E-state index in [0.717, 1.165) is 29.8 Å². The van der Waals surface area contributed by atoms with Crippen molar-refractivity contribution in [3.63, 3.8) is 0 Å². The molecular weight excluding hydrogens is 323 g/mol. The highest BCUT2D eigenvalue weighted by Gasteiger charge is 2.07. The minimum atomic E-state index is 0. The van der Waals surface area contributed by atoms with Crippen LogP contribution in [0, 0.1) is 6.92 Å². The molecule has 0 radical (unpaired) electrons. The van der Waals surface area contributed by atoms with Crippen LogP contribution in [0.5, 0.6) is 0 Å². The Morgan fingerprint density at radius 2 is 2.05 bits per heavy atom. The van der Waals surface area contributed by atoms with Gasteiger partial charge in [0.1, 0.15) is 5.82 Å². The summed E-state index contributed by atoms with van der Waals surface area (Å²) >= 11 is 0. The number of amides is 1. The summed E-state index contributed by atoms with van der Waals surface area (Å²) in [4.78, 5) is 16.1. The second-order valence-electron chi connectivity index (χ2n) is 5.17. The van der Waals surface area contributed by atoms with Crippen LogP contribution in [-0.4, -0.2) is 28.0 Å². The first kappa shape index (κ1) is 20.7. The third-order valence-corrected chi connectivity index (χ3v) is 3.33. The van der Waals surface area contributed by atoms with Crippen molar-refractivity contribution in [1.29, 1.82) is 0 Å². The summed E-state index contributed by atoms with van der Waals surface area (Å²) in [5, 5.41) is 2.93. The molecule has 1 aromatic heterocycles. The SMILES string of the molecule is Cc1nc2ccccc2n1CCNC(=O)CCC(C)N.Cl.Cl. The van der Waals surface area contributed by atoms with Crippen molar-refractivity contribution in [3.8, 4) is 0 Å². The third kappa shape index (κ3) is 5.48. The molecule has 2 aromatic rings. The monoisotopic (exact) mass is 346 g/mol. The number of hydrogen-bond donors (Lipinski definition) is 2. The molecule has 1 aromatic carbocycles. The number of imidazole rings is 1. The van der Waals surface area contributed by atoms with Crippen molar-refractivity contribution in [3.05, 3.63) is 30.1 Å². The van der Waals surface area contributed by atoms with Gasteiger partial charge in [0.15, 0.2) is 0 Å². The number of rotatable bonds is 6. The topological polar surface area (TPSA) is 72.9 Å². The lowest BCUT2D eigenvalue weighted by Gasteiger charge is -2.09. The maximum Gasteiger partial charge on any atom is 0.220 e. The summed E-state index contributed by atoms with van der Waals surface area (Å²) in [6.45, 7) is 5.24. The fourth-order valence-electron chi connectivity index (χ4n) is 2.23. The number of nitrogens with two attached hydrogens (primary N) is 1. The zero-order valence-corrected chi connectivity index (χ0v) is 14.5. The van der Waals surface area contributed by atoms with E-state index in [1.807, 2.05) is 38.1 Å². The van der Waals surface area contributed by atoms with E-state index in [4.69, 9.17) is 5.73 Å². The number of hydrogen-bond acceptors (Lipinski definition) is 3. The second-order valence-corrected chi connectivity index (χ2v) is 5.17. The summed E-state index contributed by atoms with van der Waals surface area (Å²) in [5.74, 6) is 1.03. The summed E-state index contributed by atoms with van der Waals surface area (Å²) < 4.78 is 2.13. The lowest BCUT2D eigenvalue weighted by molar-refractivity contribution is -0.121. The van der Waals surface area contributed by atoms with Crippen LogP contribution >= 0.6 is 24.8 Å². The Morgan fingerprint density at radius 3 is 2.73 bits per heavy atom. The summed E-state index contributed by atoms with van der Waals surface area (Å²) in [7, 11) is 0. The number of benzene rings is 1. The van der Waals surface area contributed by atoms with Gasteiger partial charge in [-0.1, -0.05) is 12.1 Å². The normalized spacial score (nSPS) is 11.4. The lowest BCUT2D eigenvalue weighted by Crippen LogP contribution is -2.28. The Hall–Kier alpha value is -1.30. The van der Waals surface area contributed by atoms with Gasteiger partial charge in [-0.05, 0) is 32.4 Å². The van der Waals surface area contributed by atoms with Gasteiger partial charge in [-0.25, -0.2) is 4.98 Å². The van der Waals surface area contributed by atoms with E-state index in [-0.39, 0.29) is 36.8 Å². The molecule has 0 aliphatic rings. The van der Waals surface area contributed by atoms with Crippen LogP contribution in [0.4, 0.5) is 0 Å². The number of fused-ring (bicyclic) bond motifs is 1. The van der Waals surface area contributed by atoms with Gasteiger partial charge in [-0.3, -0.25) is 4.79 Å². The Labute approximate surface area is 143 Å². The highest BCUT2D eigenvalue weighted by Crippen LogP contribution is 2.14. The van der Waals surface area contributed by atoms with Crippen LogP contribution in [0.3, 0.4) is 0 Å². The maximum absolute atomic E-state index is 11.6. The molecule has 0 spiro atoms. The van der Waals surface area contributed by atoms with E-state index in [9.17, 15) is 4.79 Å². The van der Waals surface area contributed by atoms with Crippen molar-refractivity contribution in [2.75, 3.05) is 6.54 Å². The number of nitrogens with zero attached hydrogens (tertiary/aromatic N) is 2. The number of aryl methyl sites for hydroxylation is 1. The van der Waals surface area contributed by atoms with Crippen LogP contribution < -0.4 is 11.1 Å². The molecule has 0 aliphatic heterocycles. The molecule has 0 saturated carbocycles. The molecular formula is C15H24Cl2N4O. The minimum Gasteiger partial charge on any atom is -0.354 e. The third-order valence-electron chi connectivity index (χ3n) is 3.33. The van der Waals surface area contributed by atoms with E-state index in [1.54, 1.807) is 0 Å². The average Bonchev–Trinajstić information content (AvgIpc) is 2.73. The predicted molar refractivity (Wildman–Crippen MR) is 94.9 cm³/mol. The first-order valence-electron chi connectivity index (χ1n) is 7.02. The number of aromatic nitrogens is 2. The molecule has 0 aliphatic carbocycles. The minimum absolute atomic E-state index is 0. The predicted octanol–water partition coefficient (Wildman–Crippen LogP) is 2.43. The van der Waals surface area contributed by atoms with Crippen LogP contribution in [0.2, 0.25) is 0 Å². The van der Waals surface area contributed by atoms with Crippen LogP contribution in [-0.2, 0) is 11.3 Å². The first-order chi connectivity index (χ1) is 9.58. The molecule has 1 amide bonds. The Balaban J connectivity index is 0.00000220. The molecule has 2 rings (SSSR count). The largest absolute Gasteiger partial charge is 0.354 e. The molecule has 0 fully saturated rings. The van der Waals surface area contributed by atoms with Gasteiger partial charge in [-0.15, -0.1) is 24.8 Å². The number of para-hydroxylation sites is 2. The molecule has 1 atom stereocenters. The molecule has 0 bridgehead atoms. The smallest absolute Gasteiger partial charge is 0.220 e. The number of nitrogens with one attached hydrogen (secondary N) is 1. The summed E-state index contributed by atoms with van der Waals surface area (Å²) in [5.41, 5.74) is 7.74. The standard InChI is InChI=1S/C15H22N4O.2ClH/c1-11(16)7-8-15(20)17-9-10-19-12(2)18-13-5-3-4-6-14(13)19;;/h3-6,11H,7-10,16H2,1-2H3,(H,17,20);2*1H. The summed E-state index contributed by atoms with van der Waals surface area (Å²) in [6, 6.07) is 8.10. The zero-order valence-electron chi connectivity index (χ0n) is 12.9. The van der Waals surface area contributed by atoms with Gasteiger partial charge in [-0.2, -0.15) is 0 Å². The molecule has 124 valence electrons. The van der Waals surface area contributed by atoms with Crippen molar-refractivity contribution < 1.29 is 4.79 Å².